The minimum atomic E-state index is -1.77. The minimum Gasteiger partial charge on any atom is -0.507 e. The summed E-state index contributed by atoms with van der Waals surface area (Å²) in [4.78, 5) is 24.9. The van der Waals surface area contributed by atoms with E-state index in [0.29, 0.717) is 0 Å². The zero-order valence-corrected chi connectivity index (χ0v) is 20.1. The highest BCUT2D eigenvalue weighted by atomic mass is 79.9. The summed E-state index contributed by atoms with van der Waals surface area (Å²) in [5.41, 5.74) is -1.63. The quantitative estimate of drug-likeness (QED) is 0.284. The van der Waals surface area contributed by atoms with Gasteiger partial charge in [-0.2, -0.15) is 0 Å². The van der Waals surface area contributed by atoms with E-state index in [1.54, 1.807) is 0 Å². The second kappa shape index (κ2) is 7.02. The third kappa shape index (κ3) is 2.71. The van der Waals surface area contributed by atoms with E-state index in [2.05, 4.69) is 31.9 Å². The molecule has 0 unspecified atom stereocenters. The molecule has 3 N–H and O–H groups in total. The molecule has 1 spiro atoms. The summed E-state index contributed by atoms with van der Waals surface area (Å²) in [6, 6.07) is 6.64. The molecular weight excluding hydrogens is 595 g/mol. The van der Waals surface area contributed by atoms with Crippen LogP contribution < -0.4 is 4.74 Å². The summed E-state index contributed by atoms with van der Waals surface area (Å²) in [6.45, 7) is 0. The van der Waals surface area contributed by atoms with E-state index >= 15 is 0 Å². The number of aromatic carboxylic acids is 1. The van der Waals surface area contributed by atoms with E-state index in [-0.39, 0.29) is 69.8 Å². The van der Waals surface area contributed by atoms with Crippen LogP contribution in [0.3, 0.4) is 0 Å². The lowest BCUT2D eigenvalue weighted by Gasteiger charge is -2.37. The Morgan fingerprint density at radius 2 is 1.47 bits per heavy atom. The third-order valence-corrected chi connectivity index (χ3v) is 7.29. The van der Waals surface area contributed by atoms with Crippen molar-refractivity contribution >= 4 is 67.0 Å². The molecule has 32 heavy (non-hydrogen) atoms. The molecule has 7 nitrogen and oxygen atoms in total. The van der Waals surface area contributed by atoms with Gasteiger partial charge >= 0.3 is 11.9 Å². The highest BCUT2D eigenvalue weighted by molar-refractivity contribution is 9.10. The SMILES string of the molecule is O=C(O)c1cc(Cl)c2c(c1Cl)C1(OC2=O)c2cc(Br)c(O)cc2Oc2cc(O)c(Br)cc21. The average Bonchev–Trinajstić information content (AvgIpc) is 3.03. The Bertz CT molecular complexity index is 1350. The molecule has 2 heterocycles. The largest absolute Gasteiger partial charge is 0.507 e. The summed E-state index contributed by atoms with van der Waals surface area (Å²) in [6.07, 6.45) is 0. The van der Waals surface area contributed by atoms with E-state index in [1.165, 1.54) is 24.3 Å². The number of aromatic hydroxyl groups is 2. The zero-order chi connectivity index (χ0) is 23.1. The number of halogens is 4. The van der Waals surface area contributed by atoms with Crippen LogP contribution in [-0.4, -0.2) is 27.3 Å². The Morgan fingerprint density at radius 3 is 1.97 bits per heavy atom. The van der Waals surface area contributed by atoms with Gasteiger partial charge in [0.2, 0.25) is 0 Å². The first-order valence-electron chi connectivity index (χ1n) is 8.79. The van der Waals surface area contributed by atoms with Crippen molar-refractivity contribution in [3.63, 3.8) is 0 Å². The maximum Gasteiger partial charge on any atom is 0.341 e. The van der Waals surface area contributed by atoms with Gasteiger partial charge in [-0.3, -0.25) is 0 Å². The fraction of sp³-hybridized carbons (Fsp3) is 0.0476. The molecule has 0 bridgehead atoms. The molecule has 0 saturated carbocycles. The zero-order valence-electron chi connectivity index (χ0n) is 15.4. The number of fused-ring (bicyclic) bond motifs is 6. The van der Waals surface area contributed by atoms with Gasteiger partial charge in [0.05, 0.1) is 30.1 Å². The van der Waals surface area contributed by atoms with Crippen LogP contribution in [0.4, 0.5) is 0 Å². The maximum atomic E-state index is 13.0. The number of rotatable bonds is 1. The molecule has 0 aliphatic carbocycles. The lowest BCUT2D eigenvalue weighted by Crippen LogP contribution is -2.33. The normalized spacial score (nSPS) is 14.9. The second-order valence-corrected chi connectivity index (χ2v) is 9.54. The predicted octanol–water partition coefficient (Wildman–Crippen LogP) is 6.20. The molecule has 2 aliphatic rings. The monoisotopic (exact) mass is 600 g/mol. The van der Waals surface area contributed by atoms with E-state index in [0.717, 1.165) is 6.07 Å². The van der Waals surface area contributed by atoms with Gasteiger partial charge in [0.15, 0.2) is 5.60 Å². The number of benzene rings is 3. The van der Waals surface area contributed by atoms with Crippen molar-refractivity contribution in [2.75, 3.05) is 0 Å². The van der Waals surface area contributed by atoms with Gasteiger partial charge in [-0.25, -0.2) is 9.59 Å². The van der Waals surface area contributed by atoms with Gasteiger partial charge in [-0.05, 0) is 50.1 Å². The molecule has 3 aromatic carbocycles. The standard InChI is InChI=1S/C21H8Br2Cl2O7/c22-9-2-7-14(4-12(9)26)31-15-5-13(27)10(23)3-8(15)21(7)17-16(20(30)32-21)11(24)1-6(18(17)25)19(28)29/h1-5,26-27H,(H,28,29). The molecule has 2 aliphatic heterocycles. The maximum absolute atomic E-state index is 13.0. The van der Waals surface area contributed by atoms with Crippen LogP contribution in [0.25, 0.3) is 0 Å². The fourth-order valence-corrected chi connectivity index (χ4v) is 5.33. The first kappa shape index (κ1) is 21.4. The van der Waals surface area contributed by atoms with Crippen molar-refractivity contribution in [2.24, 2.45) is 0 Å². The van der Waals surface area contributed by atoms with Crippen molar-refractivity contribution in [3.8, 4) is 23.0 Å². The number of phenolic OH excluding ortho intramolecular Hbond substituents is 2. The summed E-state index contributed by atoms with van der Waals surface area (Å²) in [5, 5.41) is 29.7. The molecule has 0 radical (unpaired) electrons. The smallest absolute Gasteiger partial charge is 0.341 e. The van der Waals surface area contributed by atoms with Gasteiger partial charge in [-0.1, -0.05) is 23.2 Å². The summed E-state index contributed by atoms with van der Waals surface area (Å²) < 4.78 is 12.3. The second-order valence-electron chi connectivity index (χ2n) is 7.05. The van der Waals surface area contributed by atoms with Crippen LogP contribution in [0.5, 0.6) is 23.0 Å². The van der Waals surface area contributed by atoms with Crippen molar-refractivity contribution in [3.05, 3.63) is 77.1 Å². The molecule has 3 aromatic rings. The number of hydrogen-bond acceptors (Lipinski definition) is 6. The van der Waals surface area contributed by atoms with Gasteiger partial charge in [0.1, 0.15) is 23.0 Å². The van der Waals surface area contributed by atoms with Crippen LogP contribution in [0, 0.1) is 0 Å². The molecule has 5 rings (SSSR count). The van der Waals surface area contributed by atoms with Gasteiger partial charge in [0, 0.05) is 28.8 Å². The van der Waals surface area contributed by atoms with E-state index in [1.807, 2.05) is 0 Å². The molecule has 0 atom stereocenters. The number of phenols is 2. The Balaban J connectivity index is 2.00. The molecule has 162 valence electrons. The van der Waals surface area contributed by atoms with E-state index < -0.39 is 17.5 Å². The van der Waals surface area contributed by atoms with Crippen LogP contribution in [0.2, 0.25) is 10.0 Å². The Hall–Kier alpha value is -2.46. The van der Waals surface area contributed by atoms with Crippen molar-refractivity contribution < 1.29 is 34.4 Å². The third-order valence-electron chi connectivity index (χ3n) is 5.32. The molecular formula is C21H8Br2Cl2O7. The Morgan fingerprint density at radius 1 is 0.938 bits per heavy atom. The minimum absolute atomic E-state index is 0.0232. The van der Waals surface area contributed by atoms with Crippen molar-refractivity contribution in [1.29, 1.82) is 0 Å². The number of carbonyl (C=O) groups is 2. The first-order chi connectivity index (χ1) is 15.1. The average molecular weight is 603 g/mol. The first-order valence-corrected chi connectivity index (χ1v) is 11.1. The van der Waals surface area contributed by atoms with Crippen LogP contribution >= 0.6 is 55.1 Å². The van der Waals surface area contributed by atoms with Crippen LogP contribution in [0.15, 0.2) is 39.3 Å². The predicted molar refractivity (Wildman–Crippen MR) is 120 cm³/mol. The fourth-order valence-electron chi connectivity index (χ4n) is 4.00. The lowest BCUT2D eigenvalue weighted by molar-refractivity contribution is 0.0224. The number of hydrogen-bond donors (Lipinski definition) is 3. The van der Waals surface area contributed by atoms with Gasteiger partial charge in [0.25, 0.3) is 0 Å². The lowest BCUT2D eigenvalue weighted by atomic mass is 9.77. The van der Waals surface area contributed by atoms with E-state index in [4.69, 9.17) is 32.7 Å². The Kier molecular flexibility index (Phi) is 4.69. The van der Waals surface area contributed by atoms with E-state index in [9.17, 15) is 24.9 Å². The number of carboxylic acids is 1. The highest BCUT2D eigenvalue weighted by Crippen LogP contribution is 2.60. The van der Waals surface area contributed by atoms with Gasteiger partial charge < -0.3 is 24.8 Å². The number of esters is 1. The number of carbonyl (C=O) groups excluding carboxylic acids is 1. The van der Waals surface area contributed by atoms with Crippen LogP contribution in [-0.2, 0) is 10.3 Å². The summed E-state index contributed by atoms with van der Waals surface area (Å²) >= 11 is 19.3. The summed E-state index contributed by atoms with van der Waals surface area (Å²) in [7, 11) is 0. The molecule has 11 heteroatoms. The van der Waals surface area contributed by atoms with Crippen LogP contribution in [0.1, 0.15) is 37.4 Å². The highest BCUT2D eigenvalue weighted by Gasteiger charge is 2.56. The van der Waals surface area contributed by atoms with Crippen molar-refractivity contribution in [2.45, 2.75) is 5.60 Å². The Labute approximate surface area is 206 Å². The van der Waals surface area contributed by atoms with Crippen molar-refractivity contribution in [1.82, 2.24) is 0 Å². The molecule has 0 aromatic heterocycles. The topological polar surface area (TPSA) is 113 Å². The molecule has 0 fully saturated rings. The molecule has 0 amide bonds. The number of carboxylic acid groups (broad SMARTS) is 1. The summed E-state index contributed by atoms with van der Waals surface area (Å²) in [5.74, 6) is -2.27. The van der Waals surface area contributed by atoms with Gasteiger partial charge in [-0.15, -0.1) is 0 Å². The number of ether oxygens (including phenoxy) is 2. The molecule has 0 saturated heterocycles.